The Morgan fingerprint density at radius 1 is 0.250 bits per heavy atom. The summed E-state index contributed by atoms with van der Waals surface area (Å²) >= 11 is 0. The van der Waals surface area contributed by atoms with Crippen molar-refractivity contribution in [2.24, 2.45) is 0 Å². The number of rotatable bonds is 0. The maximum atomic E-state index is 0. The van der Waals surface area contributed by atoms with Gasteiger partial charge in [0.25, 0.3) is 0 Å². The van der Waals surface area contributed by atoms with Gasteiger partial charge in [0.1, 0.15) is 0 Å². The van der Waals surface area contributed by atoms with Crippen molar-refractivity contribution in [1.29, 1.82) is 0 Å². The molecule has 0 rings (SSSR count). The summed E-state index contributed by atoms with van der Waals surface area (Å²) in [6.45, 7) is 0. The molecule has 0 aliphatic heterocycles. The van der Waals surface area contributed by atoms with Crippen LogP contribution in [0, 0.1) is 0 Å². The Kier molecular flexibility index (Phi) is 631000. The van der Waals surface area contributed by atoms with Crippen LogP contribution in [0.3, 0.4) is 0 Å². The first-order valence-electron chi connectivity index (χ1n) is 0. The molecule has 0 aliphatic rings. The summed E-state index contributed by atoms with van der Waals surface area (Å²) in [7, 11) is 0. The second-order valence-electron chi connectivity index (χ2n) is 0. The van der Waals surface area contributed by atoms with E-state index in [1.165, 1.54) is 0 Å². The molecule has 0 bridgehead atoms. The molecular weight excluding hydrogens is 307 g/mol. The molecule has 0 saturated heterocycles. The monoisotopic (exact) mass is 321 g/mol. The zero-order valence-corrected chi connectivity index (χ0v) is 6.09. The predicted molar refractivity (Wildman–Crippen MR) is 25.3 cm³/mol. The van der Waals surface area contributed by atoms with Crippen LogP contribution in [-0.2, 0) is 21.1 Å². The van der Waals surface area contributed by atoms with Crippen LogP contribution >= 0.6 is 0 Å². The van der Waals surface area contributed by atoms with Crippen molar-refractivity contribution < 1.29 is 59.4 Å². The molecule has 8 heteroatoms. The summed E-state index contributed by atoms with van der Waals surface area (Å²) in [5, 5.41) is 0. The van der Waals surface area contributed by atoms with Crippen LogP contribution in [-0.4, -0.2) is 38.3 Å². The molecule has 0 aromatic heterocycles. The van der Waals surface area contributed by atoms with Crippen LogP contribution < -0.4 is 0 Å². The van der Waals surface area contributed by atoms with Gasteiger partial charge in [-0.05, 0) is 0 Å². The van der Waals surface area contributed by atoms with Gasteiger partial charge in [-0.1, -0.05) is 0 Å². The smallest absolute Gasteiger partial charge is 0 e. The molecule has 0 radical (unpaired) electrons. The molecule has 0 aliphatic carbocycles. The maximum absolute atomic E-state index is 0. The minimum absolute atomic E-state index is 0. The summed E-state index contributed by atoms with van der Waals surface area (Å²) < 4.78 is 0. The van der Waals surface area contributed by atoms with Gasteiger partial charge >= 0.3 is 0 Å². The summed E-state index contributed by atoms with van der Waals surface area (Å²) in [5.74, 6) is 0. The molecule has 0 spiro atoms. The Hall–Kier alpha value is 0.408. The summed E-state index contributed by atoms with van der Waals surface area (Å²) in [6.07, 6.45) is 0. The average molecular weight is 321 g/mol. The SMILES string of the molecule is O.O.O.O.O.O.O.[Pt]. The van der Waals surface area contributed by atoms with E-state index >= 15 is 0 Å². The molecule has 0 aromatic carbocycles. The zero-order valence-electron chi connectivity index (χ0n) is 3.82. The third-order valence-electron chi connectivity index (χ3n) is 0. The van der Waals surface area contributed by atoms with Crippen molar-refractivity contribution in [2.45, 2.75) is 0 Å². The minimum atomic E-state index is 0. The maximum Gasteiger partial charge on any atom is 0 e. The fraction of sp³-hybridized carbons (Fsp3) is 0. The molecule has 0 atom stereocenters. The number of hydrogen-bond donors (Lipinski definition) is 0. The Morgan fingerprint density at radius 3 is 0.250 bits per heavy atom. The Labute approximate surface area is 60.1 Å². The second kappa shape index (κ2) is 1820. The largest absolute Gasteiger partial charge is 0.412 e. The van der Waals surface area contributed by atoms with Crippen molar-refractivity contribution >= 4 is 0 Å². The van der Waals surface area contributed by atoms with Crippen molar-refractivity contribution in [1.82, 2.24) is 0 Å². The van der Waals surface area contributed by atoms with Gasteiger partial charge in [0.05, 0.1) is 0 Å². The quantitative estimate of drug-likeness (QED) is 0.406. The average Bonchev–Trinajstić information content (AvgIpc) is 0. The minimum Gasteiger partial charge on any atom is -0.412 e. The zero-order chi connectivity index (χ0) is 0. The summed E-state index contributed by atoms with van der Waals surface area (Å²) in [6, 6.07) is 0. The van der Waals surface area contributed by atoms with Gasteiger partial charge < -0.3 is 38.3 Å². The van der Waals surface area contributed by atoms with E-state index in [0.29, 0.717) is 0 Å². The van der Waals surface area contributed by atoms with Gasteiger partial charge in [0.2, 0.25) is 0 Å². The van der Waals surface area contributed by atoms with E-state index in [0.717, 1.165) is 0 Å². The molecule has 66 valence electrons. The van der Waals surface area contributed by atoms with Crippen molar-refractivity contribution in [3.05, 3.63) is 0 Å². The van der Waals surface area contributed by atoms with Crippen LogP contribution in [0.15, 0.2) is 0 Å². The van der Waals surface area contributed by atoms with Crippen LogP contribution in [0.25, 0.3) is 0 Å². The Balaban J connectivity index is 0. The molecular formula is H14O7Pt. The second-order valence-corrected chi connectivity index (χ2v) is 0. The molecule has 0 fully saturated rings. The van der Waals surface area contributed by atoms with Gasteiger partial charge in [0, 0.05) is 21.1 Å². The molecule has 8 heavy (non-hydrogen) atoms. The molecule has 0 saturated carbocycles. The molecule has 7 nitrogen and oxygen atoms in total. The first kappa shape index (κ1) is 2770. The topological polar surface area (TPSA) is 220 Å². The van der Waals surface area contributed by atoms with Crippen molar-refractivity contribution in [3.8, 4) is 0 Å². The van der Waals surface area contributed by atoms with Gasteiger partial charge in [-0.2, -0.15) is 0 Å². The fourth-order valence-corrected chi connectivity index (χ4v) is 0. The Bertz CT molecular complexity index is 4.35. The molecule has 0 heterocycles. The predicted octanol–water partition coefficient (Wildman–Crippen LogP) is -5.78. The van der Waals surface area contributed by atoms with Gasteiger partial charge in [-0.25, -0.2) is 0 Å². The molecule has 14 N–H and O–H groups in total. The van der Waals surface area contributed by atoms with Crippen molar-refractivity contribution in [3.63, 3.8) is 0 Å². The normalized spacial score (nSPS) is 0. The van der Waals surface area contributed by atoms with E-state index in [-0.39, 0.29) is 59.4 Å². The van der Waals surface area contributed by atoms with Gasteiger partial charge in [0.15, 0.2) is 0 Å². The molecule has 0 unspecified atom stereocenters. The third kappa shape index (κ3) is 1120. The van der Waals surface area contributed by atoms with Crippen LogP contribution in [0.4, 0.5) is 0 Å². The van der Waals surface area contributed by atoms with Gasteiger partial charge in [-0.15, -0.1) is 0 Å². The third-order valence-corrected chi connectivity index (χ3v) is 0. The van der Waals surface area contributed by atoms with E-state index in [1.54, 1.807) is 0 Å². The molecule has 0 aromatic rings. The molecule has 0 amide bonds. The van der Waals surface area contributed by atoms with E-state index in [1.807, 2.05) is 0 Å². The summed E-state index contributed by atoms with van der Waals surface area (Å²) in [5.41, 5.74) is 0. The van der Waals surface area contributed by atoms with E-state index in [9.17, 15) is 0 Å². The van der Waals surface area contributed by atoms with Gasteiger partial charge in [-0.3, -0.25) is 0 Å². The van der Waals surface area contributed by atoms with E-state index in [4.69, 9.17) is 0 Å². The standard InChI is InChI=1S/7H2O.Pt/h7*1H2;. The van der Waals surface area contributed by atoms with Crippen LogP contribution in [0.1, 0.15) is 0 Å². The number of hydrogen-bond acceptors (Lipinski definition) is 0. The van der Waals surface area contributed by atoms with Crippen LogP contribution in [0.2, 0.25) is 0 Å². The first-order valence-corrected chi connectivity index (χ1v) is 0. The van der Waals surface area contributed by atoms with E-state index < -0.39 is 0 Å². The first-order chi connectivity index (χ1) is 0. The summed E-state index contributed by atoms with van der Waals surface area (Å²) in [4.78, 5) is 0. The van der Waals surface area contributed by atoms with E-state index in [2.05, 4.69) is 0 Å². The van der Waals surface area contributed by atoms with Crippen LogP contribution in [0.5, 0.6) is 0 Å². The Morgan fingerprint density at radius 2 is 0.250 bits per heavy atom. The fourth-order valence-electron chi connectivity index (χ4n) is 0. The van der Waals surface area contributed by atoms with Crippen molar-refractivity contribution in [2.75, 3.05) is 0 Å².